The van der Waals surface area contributed by atoms with Crippen LogP contribution >= 0.6 is 0 Å². The van der Waals surface area contributed by atoms with Crippen molar-refractivity contribution in [3.05, 3.63) is 35.5 Å². The summed E-state index contributed by atoms with van der Waals surface area (Å²) in [6.45, 7) is 0. The van der Waals surface area contributed by atoms with Gasteiger partial charge in [0.1, 0.15) is 0 Å². The number of para-hydroxylation sites is 1. The number of nitrogens with one attached hydrogen (secondary N) is 1. The van der Waals surface area contributed by atoms with Gasteiger partial charge in [-0.1, -0.05) is 18.2 Å². The van der Waals surface area contributed by atoms with Crippen molar-refractivity contribution in [2.24, 2.45) is 0 Å². The van der Waals surface area contributed by atoms with Crippen LogP contribution in [0.2, 0.25) is 0 Å². The van der Waals surface area contributed by atoms with E-state index >= 15 is 0 Å². The Kier molecular flexibility index (Phi) is 1.79. The maximum Gasteiger partial charge on any atom is 0.163 e. The van der Waals surface area contributed by atoms with Crippen LogP contribution in [0.3, 0.4) is 0 Å². The molecule has 0 spiro atoms. The molecular formula is C6H7NO2. The molecule has 2 N–H and O–H groups in total. The summed E-state index contributed by atoms with van der Waals surface area (Å²) in [5.41, 5.74) is 0.331. The molecule has 0 heterocycles. The lowest BCUT2D eigenvalue weighted by Gasteiger charge is -2.09. The molecule has 1 atom stereocenters. The molecule has 0 saturated carbocycles. The summed E-state index contributed by atoms with van der Waals surface area (Å²) < 4.78 is 0. The van der Waals surface area contributed by atoms with E-state index in [1.807, 2.05) is 0 Å². The lowest BCUT2D eigenvalue weighted by molar-refractivity contribution is -0.991. The number of hydrogen-bond acceptors (Lipinski definition) is 2. The second-order valence-electron chi connectivity index (χ2n) is 1.67. The van der Waals surface area contributed by atoms with E-state index in [9.17, 15) is 5.21 Å². The molecule has 0 bridgehead atoms. The molecule has 0 aliphatic rings. The molecule has 0 aliphatic carbocycles. The van der Waals surface area contributed by atoms with Gasteiger partial charge < -0.3 is 5.21 Å². The molecule has 0 amide bonds. The van der Waals surface area contributed by atoms with Gasteiger partial charge in [0.25, 0.3) is 0 Å². The van der Waals surface area contributed by atoms with Crippen LogP contribution in [0.5, 0.6) is 0 Å². The van der Waals surface area contributed by atoms with Gasteiger partial charge in [0.05, 0.1) is 0 Å². The first-order valence-corrected chi connectivity index (χ1v) is 2.59. The molecule has 0 fully saturated rings. The van der Waals surface area contributed by atoms with Crippen LogP contribution < -0.4 is 5.23 Å². The molecular weight excluding hydrogens is 118 g/mol. The lowest BCUT2D eigenvalue weighted by atomic mass is 10.3. The van der Waals surface area contributed by atoms with Gasteiger partial charge in [0, 0.05) is 12.1 Å². The first-order valence-electron chi connectivity index (χ1n) is 2.59. The van der Waals surface area contributed by atoms with Crippen LogP contribution in [-0.4, -0.2) is 5.21 Å². The second-order valence-corrected chi connectivity index (χ2v) is 1.67. The van der Waals surface area contributed by atoms with Gasteiger partial charge in [-0.2, -0.15) is 5.23 Å². The van der Waals surface area contributed by atoms with Gasteiger partial charge in [-0.3, -0.25) is 0 Å². The van der Waals surface area contributed by atoms with Crippen molar-refractivity contribution >= 4 is 5.69 Å². The Labute approximate surface area is 52.7 Å². The molecule has 48 valence electrons. The minimum atomic E-state index is -0.879. The van der Waals surface area contributed by atoms with Gasteiger partial charge in [-0.05, 0) is 0 Å². The van der Waals surface area contributed by atoms with Crippen molar-refractivity contribution < 1.29 is 10.4 Å². The summed E-state index contributed by atoms with van der Waals surface area (Å²) >= 11 is 0. The predicted octanol–water partition coefficient (Wildman–Crippen LogP) is 0.0900. The Morgan fingerprint density at radius 3 is 2.11 bits per heavy atom. The highest BCUT2D eigenvalue weighted by Gasteiger charge is 1.92. The number of benzene rings is 1. The van der Waals surface area contributed by atoms with Crippen LogP contribution in [0.4, 0.5) is 5.69 Å². The summed E-state index contributed by atoms with van der Waals surface area (Å²) in [7, 11) is 0. The summed E-state index contributed by atoms with van der Waals surface area (Å²) in [6.07, 6.45) is 0. The summed E-state index contributed by atoms with van der Waals surface area (Å²) in [5.74, 6) is 0. The van der Waals surface area contributed by atoms with Crippen molar-refractivity contribution in [3.63, 3.8) is 0 Å². The van der Waals surface area contributed by atoms with E-state index in [0.29, 0.717) is 5.69 Å². The van der Waals surface area contributed by atoms with E-state index in [2.05, 4.69) is 0 Å². The standard InChI is InChI=1S/C6H7NO2/c8-7(9)6-4-2-1-3-5-6/h1-5,7-8H. The van der Waals surface area contributed by atoms with Gasteiger partial charge in [-0.25, -0.2) is 5.21 Å². The number of quaternary nitrogens is 1. The maximum atomic E-state index is 10.2. The number of rotatable bonds is 1. The van der Waals surface area contributed by atoms with Crippen molar-refractivity contribution in [1.29, 1.82) is 0 Å². The highest BCUT2D eigenvalue weighted by atomic mass is 16.8. The minimum absolute atomic E-state index is 0.331. The fourth-order valence-electron chi connectivity index (χ4n) is 0.581. The van der Waals surface area contributed by atoms with Crippen LogP contribution in [0.25, 0.3) is 0 Å². The molecule has 1 aromatic rings. The van der Waals surface area contributed by atoms with Crippen molar-refractivity contribution in [2.45, 2.75) is 0 Å². The van der Waals surface area contributed by atoms with Crippen molar-refractivity contribution in [3.8, 4) is 0 Å². The second kappa shape index (κ2) is 2.59. The summed E-state index contributed by atoms with van der Waals surface area (Å²) in [6, 6.07) is 8.30. The van der Waals surface area contributed by atoms with E-state index in [0.717, 1.165) is 0 Å². The Morgan fingerprint density at radius 1 is 1.22 bits per heavy atom. The Morgan fingerprint density at radius 2 is 1.78 bits per heavy atom. The molecule has 3 nitrogen and oxygen atoms in total. The van der Waals surface area contributed by atoms with Crippen LogP contribution in [-0.2, 0) is 0 Å². The fraction of sp³-hybridized carbons (Fsp3) is 0. The third kappa shape index (κ3) is 1.50. The summed E-state index contributed by atoms with van der Waals surface area (Å²) in [5, 5.41) is 17.7. The van der Waals surface area contributed by atoms with E-state index in [-0.39, 0.29) is 0 Å². The predicted molar refractivity (Wildman–Crippen MR) is 32.2 cm³/mol. The lowest BCUT2D eigenvalue weighted by Crippen LogP contribution is -2.99. The van der Waals surface area contributed by atoms with E-state index in [1.165, 1.54) is 0 Å². The minimum Gasteiger partial charge on any atom is -0.595 e. The molecule has 0 saturated heterocycles. The van der Waals surface area contributed by atoms with E-state index in [1.54, 1.807) is 30.3 Å². The zero-order chi connectivity index (χ0) is 6.69. The first-order chi connectivity index (χ1) is 4.30. The zero-order valence-electron chi connectivity index (χ0n) is 4.74. The van der Waals surface area contributed by atoms with Crippen molar-refractivity contribution in [2.75, 3.05) is 0 Å². The topological polar surface area (TPSA) is 47.7 Å². The van der Waals surface area contributed by atoms with E-state index < -0.39 is 5.23 Å². The van der Waals surface area contributed by atoms with Crippen molar-refractivity contribution in [1.82, 2.24) is 0 Å². The Hall–Kier alpha value is -0.900. The SMILES string of the molecule is [O-][NH+](O)c1ccccc1. The van der Waals surface area contributed by atoms with Gasteiger partial charge in [0.2, 0.25) is 0 Å². The molecule has 1 rings (SSSR count). The average molecular weight is 125 g/mol. The van der Waals surface area contributed by atoms with Crippen LogP contribution in [0, 0.1) is 5.21 Å². The van der Waals surface area contributed by atoms with Gasteiger partial charge in [-0.15, -0.1) is 0 Å². The molecule has 1 aromatic carbocycles. The first kappa shape index (κ1) is 6.22. The fourth-order valence-corrected chi connectivity index (χ4v) is 0.581. The molecule has 0 aromatic heterocycles. The van der Waals surface area contributed by atoms with Gasteiger partial charge >= 0.3 is 0 Å². The third-order valence-electron chi connectivity index (χ3n) is 1.02. The smallest absolute Gasteiger partial charge is 0.163 e. The largest absolute Gasteiger partial charge is 0.595 e. The van der Waals surface area contributed by atoms with Gasteiger partial charge in [0.15, 0.2) is 5.69 Å². The maximum absolute atomic E-state index is 10.2. The highest BCUT2D eigenvalue weighted by Crippen LogP contribution is 1.96. The molecule has 3 heteroatoms. The molecule has 0 radical (unpaired) electrons. The van der Waals surface area contributed by atoms with Crippen LogP contribution in [0.15, 0.2) is 30.3 Å². The normalized spacial score (nSPS) is 13.1. The Bertz CT molecular complexity index is 174. The summed E-state index contributed by atoms with van der Waals surface area (Å²) in [4.78, 5) is 0. The van der Waals surface area contributed by atoms with E-state index in [4.69, 9.17) is 5.21 Å². The highest BCUT2D eigenvalue weighted by molar-refractivity contribution is 5.27. The third-order valence-corrected chi connectivity index (χ3v) is 1.02. The Balaban J connectivity index is 2.85. The monoisotopic (exact) mass is 125 g/mol. The van der Waals surface area contributed by atoms with Crippen LogP contribution in [0.1, 0.15) is 0 Å². The zero-order valence-corrected chi connectivity index (χ0v) is 4.74. The molecule has 9 heavy (non-hydrogen) atoms. The molecule has 0 aliphatic heterocycles. The average Bonchev–Trinajstić information content (AvgIpc) is 1.90. The quantitative estimate of drug-likeness (QED) is 0.522. The number of hydrogen-bond donors (Lipinski definition) is 2. The molecule has 1 unspecified atom stereocenters.